The maximum absolute atomic E-state index is 6.70. The molecule has 0 unspecified atom stereocenters. The normalized spacial score (nSPS) is 11.9. The fraction of sp³-hybridized carbons (Fsp3) is 0.0294. The molecule has 7 aromatic rings. The number of fused-ring (bicyclic) bond motifs is 3. The van der Waals surface area contributed by atoms with Crippen molar-refractivity contribution in [3.63, 3.8) is 0 Å². The van der Waals surface area contributed by atoms with Gasteiger partial charge in [0.1, 0.15) is 39.2 Å². The molecule has 6 aromatic carbocycles. The van der Waals surface area contributed by atoms with E-state index >= 15 is 0 Å². The van der Waals surface area contributed by atoms with E-state index in [0.29, 0.717) is 16.9 Å². The summed E-state index contributed by atoms with van der Waals surface area (Å²) in [6, 6.07) is 31.9. The molecule has 1 heterocycles. The molecular weight excluding hydrogens is 523 g/mol. The lowest BCUT2D eigenvalue weighted by Gasteiger charge is -2.27. The molecule has 2 nitrogen and oxygen atoms in total. The van der Waals surface area contributed by atoms with E-state index in [1.807, 2.05) is 71.3 Å². The molecule has 0 aliphatic carbocycles. The van der Waals surface area contributed by atoms with E-state index in [1.54, 1.807) is 0 Å². The first-order valence-electron chi connectivity index (χ1n) is 14.0. The van der Waals surface area contributed by atoms with Crippen LogP contribution in [0.3, 0.4) is 0 Å². The Morgan fingerprint density at radius 1 is 0.500 bits per heavy atom. The highest BCUT2D eigenvalue weighted by atomic mass is 15.1. The summed E-state index contributed by atoms with van der Waals surface area (Å²) in [5.41, 5.74) is 6.56. The van der Waals surface area contributed by atoms with Crippen molar-refractivity contribution in [1.82, 2.24) is 9.55 Å². The molecule has 1 aromatic heterocycles. The number of benzene rings is 6. The summed E-state index contributed by atoms with van der Waals surface area (Å²) in [4.78, 5) is 4.78. The van der Waals surface area contributed by atoms with Crippen LogP contribution in [-0.4, -0.2) is 72.3 Å². The highest BCUT2D eigenvalue weighted by Gasteiger charge is 2.27. The lowest BCUT2D eigenvalue weighted by atomic mass is 9.42. The first-order valence-corrected chi connectivity index (χ1v) is 14.0. The van der Waals surface area contributed by atoms with Gasteiger partial charge in [-0.15, -0.1) is 16.4 Å². The molecule has 0 N–H and O–H groups in total. The van der Waals surface area contributed by atoms with Crippen molar-refractivity contribution < 1.29 is 0 Å². The minimum absolute atomic E-state index is 0.152. The maximum atomic E-state index is 6.70. The van der Waals surface area contributed by atoms with Gasteiger partial charge in [-0.05, 0) is 51.2 Å². The quantitative estimate of drug-likeness (QED) is 0.244. The number of imidazole rings is 1. The molecule has 16 radical (unpaired) electrons. The second kappa shape index (κ2) is 10.5. The molecule has 0 atom stereocenters. The maximum Gasteiger partial charge on any atom is 0.113 e. The van der Waals surface area contributed by atoms with Crippen molar-refractivity contribution in [3.8, 4) is 27.9 Å². The molecule has 0 amide bonds. The minimum atomic E-state index is -1.75. The second-order valence-corrected chi connectivity index (χ2v) is 11.0. The Hall–Kier alpha value is -4.17. The SMILES string of the molecule is [B]c1c([B])c([B])c(-c2c3ccccc3c(-n3c(C([B])([B])[B])nc4ccccc43)c3ccc(-c4ccccc4)cc23)c([B])c1[B]. The van der Waals surface area contributed by atoms with Gasteiger partial charge in [-0.25, -0.2) is 4.98 Å². The number of aromatic nitrogens is 2. The van der Waals surface area contributed by atoms with E-state index in [1.165, 1.54) is 0 Å². The van der Waals surface area contributed by atoms with Crippen LogP contribution in [0.1, 0.15) is 5.82 Å². The van der Waals surface area contributed by atoms with Crippen LogP contribution in [-0.2, 0) is 5.11 Å². The fourth-order valence-electron chi connectivity index (χ4n) is 6.14. The largest absolute Gasteiger partial charge is 0.296 e. The van der Waals surface area contributed by atoms with Crippen molar-refractivity contribution in [2.75, 3.05) is 0 Å². The molecular formula is C34H16B8N2. The second-order valence-electron chi connectivity index (χ2n) is 11.0. The summed E-state index contributed by atoms with van der Waals surface area (Å²) < 4.78 is 1.93. The molecule has 186 valence electrons. The standard InChI is InChI=1S/C34H16B8N2/c35-27-26(28(36)30(38)31(39)29(27)37)25-19-10-4-5-11-20(19)32(21-15-14-18(16-22(21)25)17-8-2-1-3-9-17)44-24-13-7-6-12-23(24)43-33(44)34(40,41)42/h1-16H. The van der Waals surface area contributed by atoms with Crippen LogP contribution in [0.25, 0.3) is 60.5 Å². The van der Waals surface area contributed by atoms with Crippen LogP contribution < -0.4 is 27.3 Å². The van der Waals surface area contributed by atoms with Crippen LogP contribution in [0.15, 0.2) is 97.1 Å². The zero-order valence-corrected chi connectivity index (χ0v) is 23.8. The van der Waals surface area contributed by atoms with Gasteiger partial charge in [-0.1, -0.05) is 94.9 Å². The molecule has 0 spiro atoms. The van der Waals surface area contributed by atoms with Crippen molar-refractivity contribution in [2.24, 2.45) is 0 Å². The van der Waals surface area contributed by atoms with Crippen LogP contribution >= 0.6 is 0 Å². The Bertz CT molecular complexity index is 2240. The van der Waals surface area contributed by atoms with Gasteiger partial charge in [0, 0.05) is 10.8 Å². The molecule has 0 saturated carbocycles. The Labute approximate surface area is 267 Å². The summed E-state index contributed by atoms with van der Waals surface area (Å²) in [6.07, 6.45) is 0. The molecule has 44 heavy (non-hydrogen) atoms. The third-order valence-electron chi connectivity index (χ3n) is 8.22. The molecule has 0 bridgehead atoms. The predicted octanol–water partition coefficient (Wildman–Crippen LogP) is 1.25. The van der Waals surface area contributed by atoms with Gasteiger partial charge in [0.15, 0.2) is 0 Å². The molecule has 0 aliphatic heterocycles. The first-order chi connectivity index (χ1) is 21.1. The number of hydrogen-bond acceptors (Lipinski definition) is 1. The lowest BCUT2D eigenvalue weighted by Crippen LogP contribution is -2.55. The predicted molar refractivity (Wildman–Crippen MR) is 193 cm³/mol. The summed E-state index contributed by atoms with van der Waals surface area (Å²) in [5, 5.41) is 1.62. The van der Waals surface area contributed by atoms with Crippen molar-refractivity contribution in [2.45, 2.75) is 5.11 Å². The van der Waals surface area contributed by atoms with Gasteiger partial charge in [-0.3, -0.25) is 4.57 Å². The highest BCUT2D eigenvalue weighted by Crippen LogP contribution is 2.43. The summed E-state index contributed by atoms with van der Waals surface area (Å²) in [6.45, 7) is 0. The number of nitrogens with zero attached hydrogens (tertiary/aromatic N) is 2. The molecule has 7 rings (SSSR count). The minimum Gasteiger partial charge on any atom is -0.296 e. The Kier molecular flexibility index (Phi) is 6.81. The average Bonchev–Trinajstić information content (AvgIpc) is 3.43. The van der Waals surface area contributed by atoms with E-state index < -0.39 is 5.11 Å². The van der Waals surface area contributed by atoms with Crippen molar-refractivity contribution >= 4 is 123 Å². The van der Waals surface area contributed by atoms with Gasteiger partial charge in [-0.2, -0.15) is 0 Å². The Morgan fingerprint density at radius 2 is 1.07 bits per heavy atom. The number of rotatable bonds is 4. The highest BCUT2D eigenvalue weighted by molar-refractivity contribution is 6.69. The number of para-hydroxylation sites is 2. The van der Waals surface area contributed by atoms with Crippen LogP contribution in [0.4, 0.5) is 0 Å². The lowest BCUT2D eigenvalue weighted by molar-refractivity contribution is 0.939. The summed E-state index contributed by atoms with van der Waals surface area (Å²) in [7, 11) is 51.5. The third-order valence-corrected chi connectivity index (χ3v) is 8.22. The third kappa shape index (κ3) is 4.33. The van der Waals surface area contributed by atoms with Crippen LogP contribution in [0, 0.1) is 0 Å². The van der Waals surface area contributed by atoms with Gasteiger partial charge >= 0.3 is 0 Å². The topological polar surface area (TPSA) is 17.8 Å². The van der Waals surface area contributed by atoms with E-state index in [0.717, 1.165) is 49.4 Å². The average molecular weight is 539 g/mol. The van der Waals surface area contributed by atoms with Crippen LogP contribution in [0.5, 0.6) is 0 Å². The Morgan fingerprint density at radius 3 is 1.75 bits per heavy atom. The molecule has 10 heteroatoms. The van der Waals surface area contributed by atoms with Gasteiger partial charge in [0.25, 0.3) is 0 Å². The fourth-order valence-corrected chi connectivity index (χ4v) is 6.14. The summed E-state index contributed by atoms with van der Waals surface area (Å²) >= 11 is 0. The Balaban J connectivity index is 1.74. The molecule has 0 aliphatic rings. The van der Waals surface area contributed by atoms with E-state index in [9.17, 15) is 0 Å². The molecule has 0 saturated heterocycles. The van der Waals surface area contributed by atoms with Crippen molar-refractivity contribution in [1.29, 1.82) is 0 Å². The van der Waals surface area contributed by atoms with Gasteiger partial charge in [0.05, 0.1) is 46.1 Å². The van der Waals surface area contributed by atoms with Crippen molar-refractivity contribution in [3.05, 3.63) is 103 Å². The van der Waals surface area contributed by atoms with Gasteiger partial charge in [0.2, 0.25) is 0 Å². The van der Waals surface area contributed by atoms with E-state index in [4.69, 9.17) is 67.8 Å². The van der Waals surface area contributed by atoms with E-state index in [-0.39, 0.29) is 27.3 Å². The summed E-state index contributed by atoms with van der Waals surface area (Å²) in [5.74, 6) is 0.296. The monoisotopic (exact) mass is 540 g/mol. The molecule has 0 fully saturated rings. The van der Waals surface area contributed by atoms with Crippen LogP contribution in [0.2, 0.25) is 0 Å². The first kappa shape index (κ1) is 28.6. The number of hydrogen-bond donors (Lipinski definition) is 0. The zero-order valence-electron chi connectivity index (χ0n) is 23.8. The smallest absolute Gasteiger partial charge is 0.113 e. The van der Waals surface area contributed by atoms with E-state index in [2.05, 4.69) is 30.3 Å². The zero-order chi connectivity index (χ0) is 30.9. The van der Waals surface area contributed by atoms with Gasteiger partial charge < -0.3 is 0 Å².